The van der Waals surface area contributed by atoms with Crippen molar-refractivity contribution in [3.63, 3.8) is 0 Å². The van der Waals surface area contributed by atoms with Crippen molar-refractivity contribution in [2.75, 3.05) is 12.4 Å². The van der Waals surface area contributed by atoms with Gasteiger partial charge in [0, 0.05) is 12.1 Å². The highest BCUT2D eigenvalue weighted by molar-refractivity contribution is 5.91. The summed E-state index contributed by atoms with van der Waals surface area (Å²) < 4.78 is 6.99. The van der Waals surface area contributed by atoms with Crippen molar-refractivity contribution in [3.05, 3.63) is 54.4 Å². The molecule has 7 nitrogen and oxygen atoms in total. The van der Waals surface area contributed by atoms with Gasteiger partial charge in [-0.1, -0.05) is 19.1 Å². The molecule has 1 atom stereocenters. The Morgan fingerprint density at radius 2 is 1.83 bits per heavy atom. The van der Waals surface area contributed by atoms with Gasteiger partial charge in [0.15, 0.2) is 0 Å². The first-order chi connectivity index (χ1) is 14.0. The smallest absolute Gasteiger partial charge is 0.244 e. The number of imidazole rings is 1. The van der Waals surface area contributed by atoms with E-state index >= 15 is 0 Å². The predicted molar refractivity (Wildman–Crippen MR) is 113 cm³/mol. The molecule has 3 aromatic rings. The van der Waals surface area contributed by atoms with E-state index in [4.69, 9.17) is 4.74 Å². The maximum absolute atomic E-state index is 12.7. The standard InChI is InChI=1S/C22H26N4O3/c1-4-7-20(27)23-15(2)22-25-18-8-5-6-9-19(18)26(22)14-21(28)24-16-10-12-17(29-3)13-11-16/h5-6,8-13,15H,4,7,14H2,1-3H3,(H,23,27)(H,24,28). The average molecular weight is 394 g/mol. The largest absolute Gasteiger partial charge is 0.497 e. The van der Waals surface area contributed by atoms with Crippen LogP contribution in [0.25, 0.3) is 11.0 Å². The van der Waals surface area contributed by atoms with Gasteiger partial charge in [-0.2, -0.15) is 0 Å². The Morgan fingerprint density at radius 1 is 1.10 bits per heavy atom. The van der Waals surface area contributed by atoms with Crippen LogP contribution in [0.2, 0.25) is 0 Å². The number of ether oxygens (including phenoxy) is 1. The molecule has 0 radical (unpaired) electrons. The molecule has 3 rings (SSSR count). The molecule has 152 valence electrons. The maximum Gasteiger partial charge on any atom is 0.244 e. The first-order valence-corrected chi connectivity index (χ1v) is 9.70. The van der Waals surface area contributed by atoms with Crippen molar-refractivity contribution in [1.82, 2.24) is 14.9 Å². The second kappa shape index (κ2) is 9.23. The SMILES string of the molecule is CCCC(=O)NC(C)c1nc2ccccc2n1CC(=O)Nc1ccc(OC)cc1. The zero-order valence-corrected chi connectivity index (χ0v) is 16.9. The van der Waals surface area contributed by atoms with Gasteiger partial charge in [-0.3, -0.25) is 9.59 Å². The highest BCUT2D eigenvalue weighted by Crippen LogP contribution is 2.21. The lowest BCUT2D eigenvalue weighted by molar-refractivity contribution is -0.121. The number of benzene rings is 2. The molecular formula is C22H26N4O3. The fourth-order valence-corrected chi connectivity index (χ4v) is 3.21. The third-order valence-corrected chi connectivity index (χ3v) is 4.60. The van der Waals surface area contributed by atoms with Crippen LogP contribution in [0.15, 0.2) is 48.5 Å². The van der Waals surface area contributed by atoms with Gasteiger partial charge in [-0.15, -0.1) is 0 Å². The van der Waals surface area contributed by atoms with E-state index in [1.807, 2.05) is 42.7 Å². The van der Waals surface area contributed by atoms with Crippen molar-refractivity contribution < 1.29 is 14.3 Å². The lowest BCUT2D eigenvalue weighted by Crippen LogP contribution is -2.29. The van der Waals surface area contributed by atoms with Crippen LogP contribution in [0, 0.1) is 0 Å². The number of rotatable bonds is 8. The number of amides is 2. The number of nitrogens with zero attached hydrogens (tertiary/aromatic N) is 2. The highest BCUT2D eigenvalue weighted by Gasteiger charge is 2.19. The van der Waals surface area contributed by atoms with E-state index in [1.54, 1.807) is 31.4 Å². The van der Waals surface area contributed by atoms with Crippen LogP contribution in [-0.4, -0.2) is 28.5 Å². The molecule has 0 fully saturated rings. The molecule has 0 bridgehead atoms. The number of methoxy groups -OCH3 is 1. The van der Waals surface area contributed by atoms with Crippen molar-refractivity contribution in [2.45, 2.75) is 39.3 Å². The zero-order valence-electron chi connectivity index (χ0n) is 16.9. The van der Waals surface area contributed by atoms with Crippen molar-refractivity contribution in [2.24, 2.45) is 0 Å². The number of para-hydroxylation sites is 2. The molecule has 1 heterocycles. The monoisotopic (exact) mass is 394 g/mol. The minimum atomic E-state index is -0.310. The zero-order chi connectivity index (χ0) is 20.8. The third kappa shape index (κ3) is 4.93. The van der Waals surface area contributed by atoms with Crippen molar-refractivity contribution in [3.8, 4) is 5.75 Å². The molecule has 1 aromatic heterocycles. The Kier molecular flexibility index (Phi) is 6.49. The molecule has 2 aromatic carbocycles. The minimum absolute atomic E-state index is 0.0266. The fraction of sp³-hybridized carbons (Fsp3) is 0.318. The molecule has 1 unspecified atom stereocenters. The number of nitrogens with one attached hydrogen (secondary N) is 2. The summed E-state index contributed by atoms with van der Waals surface area (Å²) >= 11 is 0. The Morgan fingerprint density at radius 3 is 2.52 bits per heavy atom. The molecule has 0 aliphatic carbocycles. The van der Waals surface area contributed by atoms with E-state index in [9.17, 15) is 9.59 Å². The Labute approximate surface area is 170 Å². The second-order valence-corrected chi connectivity index (χ2v) is 6.86. The first-order valence-electron chi connectivity index (χ1n) is 9.70. The lowest BCUT2D eigenvalue weighted by atomic mass is 10.2. The molecule has 29 heavy (non-hydrogen) atoms. The van der Waals surface area contributed by atoms with Gasteiger partial charge in [0.25, 0.3) is 0 Å². The van der Waals surface area contributed by atoms with Crippen LogP contribution in [0.3, 0.4) is 0 Å². The number of aromatic nitrogens is 2. The van der Waals surface area contributed by atoms with Gasteiger partial charge in [-0.05, 0) is 49.7 Å². The number of hydrogen-bond donors (Lipinski definition) is 2. The molecule has 0 spiro atoms. The van der Waals surface area contributed by atoms with Crippen LogP contribution >= 0.6 is 0 Å². The summed E-state index contributed by atoms with van der Waals surface area (Å²) in [6.45, 7) is 3.94. The van der Waals surface area contributed by atoms with Crippen LogP contribution < -0.4 is 15.4 Å². The van der Waals surface area contributed by atoms with E-state index in [2.05, 4.69) is 15.6 Å². The normalized spacial score (nSPS) is 11.8. The van der Waals surface area contributed by atoms with E-state index in [0.29, 0.717) is 17.9 Å². The number of carbonyl (C=O) groups excluding carboxylic acids is 2. The van der Waals surface area contributed by atoms with Gasteiger partial charge in [0.2, 0.25) is 11.8 Å². The summed E-state index contributed by atoms with van der Waals surface area (Å²) in [5.41, 5.74) is 2.33. The fourth-order valence-electron chi connectivity index (χ4n) is 3.21. The van der Waals surface area contributed by atoms with Crippen LogP contribution in [0.5, 0.6) is 5.75 Å². The van der Waals surface area contributed by atoms with Crippen LogP contribution in [-0.2, 0) is 16.1 Å². The summed E-state index contributed by atoms with van der Waals surface area (Å²) in [7, 11) is 1.60. The number of anilines is 1. The molecule has 0 saturated heterocycles. The Hall–Kier alpha value is -3.35. The first kappa shape index (κ1) is 20.4. The summed E-state index contributed by atoms with van der Waals surface area (Å²) in [4.78, 5) is 29.4. The third-order valence-electron chi connectivity index (χ3n) is 4.60. The number of hydrogen-bond acceptors (Lipinski definition) is 4. The summed E-state index contributed by atoms with van der Waals surface area (Å²) in [6, 6.07) is 14.5. The van der Waals surface area contributed by atoms with E-state index < -0.39 is 0 Å². The van der Waals surface area contributed by atoms with E-state index in [0.717, 1.165) is 23.2 Å². The van der Waals surface area contributed by atoms with Crippen molar-refractivity contribution >= 4 is 28.5 Å². The summed E-state index contributed by atoms with van der Waals surface area (Å²) in [6.07, 6.45) is 1.24. The minimum Gasteiger partial charge on any atom is -0.497 e. The highest BCUT2D eigenvalue weighted by atomic mass is 16.5. The van der Waals surface area contributed by atoms with Gasteiger partial charge in [0.05, 0.1) is 24.2 Å². The van der Waals surface area contributed by atoms with E-state index in [-0.39, 0.29) is 24.4 Å². The Bertz CT molecular complexity index is 995. The molecule has 0 aliphatic rings. The quantitative estimate of drug-likeness (QED) is 0.611. The summed E-state index contributed by atoms with van der Waals surface area (Å²) in [5.74, 6) is 1.18. The summed E-state index contributed by atoms with van der Waals surface area (Å²) in [5, 5.41) is 5.86. The average Bonchev–Trinajstić information content (AvgIpc) is 3.07. The second-order valence-electron chi connectivity index (χ2n) is 6.86. The van der Waals surface area contributed by atoms with Crippen LogP contribution in [0.4, 0.5) is 5.69 Å². The molecular weight excluding hydrogens is 368 g/mol. The van der Waals surface area contributed by atoms with Gasteiger partial charge >= 0.3 is 0 Å². The molecule has 2 amide bonds. The van der Waals surface area contributed by atoms with E-state index in [1.165, 1.54) is 0 Å². The maximum atomic E-state index is 12.7. The topological polar surface area (TPSA) is 85.2 Å². The molecule has 0 aliphatic heterocycles. The molecule has 2 N–H and O–H groups in total. The number of carbonyl (C=O) groups is 2. The molecule has 0 saturated carbocycles. The van der Waals surface area contributed by atoms with Gasteiger partial charge in [-0.25, -0.2) is 4.98 Å². The van der Waals surface area contributed by atoms with Crippen molar-refractivity contribution in [1.29, 1.82) is 0 Å². The predicted octanol–water partition coefficient (Wildman–Crippen LogP) is 3.66. The van der Waals surface area contributed by atoms with Gasteiger partial charge in [0.1, 0.15) is 18.1 Å². The lowest BCUT2D eigenvalue weighted by Gasteiger charge is -2.16. The van der Waals surface area contributed by atoms with Gasteiger partial charge < -0.3 is 19.9 Å². The molecule has 7 heteroatoms. The Balaban J connectivity index is 1.82. The van der Waals surface area contributed by atoms with Crippen LogP contribution in [0.1, 0.15) is 38.6 Å². The number of fused-ring (bicyclic) bond motifs is 1.